The number of rotatable bonds is 32. The van der Waals surface area contributed by atoms with Crippen molar-refractivity contribution in [1.82, 2.24) is 9.80 Å². The second-order valence-corrected chi connectivity index (χ2v) is 18.8. The maximum absolute atomic E-state index is 14.8. The number of amides is 1. The Bertz CT molecular complexity index is 1900. The second kappa shape index (κ2) is 26.3. The Morgan fingerprint density at radius 3 is 2.33 bits per heavy atom. The summed E-state index contributed by atoms with van der Waals surface area (Å²) < 4.78 is 21.0. The maximum Gasteiger partial charge on any atom is 0.269 e. The molecule has 6 rings (SSSR count). The van der Waals surface area contributed by atoms with E-state index in [1.165, 1.54) is 50.7 Å². The molecule has 4 aliphatic rings. The van der Waals surface area contributed by atoms with Gasteiger partial charge in [0.15, 0.2) is 0 Å². The molecule has 1 saturated carbocycles. The van der Waals surface area contributed by atoms with Gasteiger partial charge in [-0.15, -0.1) is 6.58 Å². The number of hydrogen-bond donors (Lipinski definition) is 2. The Morgan fingerprint density at radius 2 is 1.67 bits per heavy atom. The summed E-state index contributed by atoms with van der Waals surface area (Å²) in [5, 5.41) is 36.3. The highest BCUT2D eigenvalue weighted by molar-refractivity contribution is 6.03. The average Bonchev–Trinajstić information content (AvgIpc) is 4.16. The number of non-ortho nitro benzene ring substituents is 1. The summed E-state index contributed by atoms with van der Waals surface area (Å²) in [6.45, 7) is 13.1. The SMILES string of the molecule is C=CCO[C@@]12Oc3ccc(OCCN4CC4)cc3[C@H]3[C@H](CCCCO)[C@@H](CCCCO)C=C(C(=NOCc4ccc([N+](=O)[O-])cc4)C[C@@H]1N(CCC)C(=O)CCCCCCCCCCC)[C@H]32. The number of nitro groups is 1. The van der Waals surface area contributed by atoms with E-state index >= 15 is 0 Å². The van der Waals surface area contributed by atoms with E-state index in [0.29, 0.717) is 44.6 Å². The van der Waals surface area contributed by atoms with Gasteiger partial charge in [0.05, 0.1) is 23.2 Å². The van der Waals surface area contributed by atoms with Gasteiger partial charge in [-0.2, -0.15) is 0 Å². The van der Waals surface area contributed by atoms with Crippen LogP contribution < -0.4 is 9.47 Å². The molecule has 0 aromatic heterocycles. The maximum atomic E-state index is 14.8. The predicted molar refractivity (Wildman–Crippen MR) is 259 cm³/mol. The Hall–Kier alpha value is -4.30. The van der Waals surface area contributed by atoms with Crippen LogP contribution in [0, 0.1) is 27.9 Å². The number of aliphatic hydroxyl groups excluding tert-OH is 2. The van der Waals surface area contributed by atoms with E-state index in [2.05, 4.69) is 37.5 Å². The fraction of sp³-hybridized carbons (Fsp3) is 0.660. The molecule has 13 nitrogen and oxygen atoms in total. The van der Waals surface area contributed by atoms with E-state index in [1.807, 2.05) is 17.0 Å². The molecule has 0 radical (unpaired) electrons. The van der Waals surface area contributed by atoms with E-state index in [-0.39, 0.29) is 55.8 Å². The van der Waals surface area contributed by atoms with Gasteiger partial charge in [-0.3, -0.25) is 19.8 Å². The van der Waals surface area contributed by atoms with Gasteiger partial charge >= 0.3 is 0 Å². The minimum Gasteiger partial charge on any atom is -0.492 e. The third-order valence-electron chi connectivity index (χ3n) is 14.1. The van der Waals surface area contributed by atoms with Crippen molar-refractivity contribution in [3.63, 3.8) is 0 Å². The normalized spacial score (nSPS) is 23.6. The molecule has 13 heteroatoms. The lowest BCUT2D eigenvalue weighted by atomic mass is 9.55. The zero-order chi connectivity index (χ0) is 46.7. The molecule has 6 atom stereocenters. The summed E-state index contributed by atoms with van der Waals surface area (Å²) in [4.78, 5) is 36.4. The van der Waals surface area contributed by atoms with Gasteiger partial charge in [0.1, 0.15) is 30.8 Å². The summed E-state index contributed by atoms with van der Waals surface area (Å²) >= 11 is 0. The van der Waals surface area contributed by atoms with Gasteiger partial charge in [0.2, 0.25) is 11.7 Å². The van der Waals surface area contributed by atoms with Crippen LogP contribution in [0.3, 0.4) is 0 Å². The molecule has 2 aromatic carbocycles. The molecule has 2 fully saturated rings. The van der Waals surface area contributed by atoms with E-state index in [1.54, 1.807) is 18.2 Å². The predicted octanol–water partition coefficient (Wildman–Crippen LogP) is 10.3. The number of benzene rings is 2. The zero-order valence-corrected chi connectivity index (χ0v) is 39.9. The highest BCUT2D eigenvalue weighted by Gasteiger charge is 2.65. The van der Waals surface area contributed by atoms with Gasteiger partial charge in [0, 0.05) is 75.8 Å². The summed E-state index contributed by atoms with van der Waals surface area (Å²) in [7, 11) is 0. The number of nitrogens with zero attached hydrogens (tertiary/aromatic N) is 4. The van der Waals surface area contributed by atoms with Gasteiger partial charge < -0.3 is 34.2 Å². The van der Waals surface area contributed by atoms with Crippen LogP contribution in [0.1, 0.15) is 146 Å². The Morgan fingerprint density at radius 1 is 0.955 bits per heavy atom. The van der Waals surface area contributed by atoms with Crippen LogP contribution in [0.25, 0.3) is 0 Å². The number of hydrogen-bond acceptors (Lipinski definition) is 11. The largest absolute Gasteiger partial charge is 0.492 e. The van der Waals surface area contributed by atoms with Crippen molar-refractivity contribution in [1.29, 1.82) is 0 Å². The van der Waals surface area contributed by atoms with Gasteiger partial charge in [-0.1, -0.05) is 95.4 Å². The fourth-order valence-electron chi connectivity index (χ4n) is 10.6. The molecular formula is C53H78N4O9. The number of carbonyl (C=O) groups is 1. The number of carbonyl (C=O) groups excluding carboxylic acids is 1. The molecule has 364 valence electrons. The quantitative estimate of drug-likeness (QED) is 0.0238. The fourth-order valence-corrected chi connectivity index (χ4v) is 10.6. The van der Waals surface area contributed by atoms with Crippen LogP contribution in [0.5, 0.6) is 11.5 Å². The Labute approximate surface area is 393 Å². The molecule has 1 saturated heterocycles. The number of unbranched alkanes of at least 4 members (excludes halogenated alkanes) is 10. The van der Waals surface area contributed by atoms with E-state index < -0.39 is 22.7 Å². The molecule has 0 bridgehead atoms. The van der Waals surface area contributed by atoms with Gasteiger partial charge in [-0.25, -0.2) is 0 Å². The van der Waals surface area contributed by atoms with Gasteiger partial charge in [-0.05, 0) is 91.8 Å². The summed E-state index contributed by atoms with van der Waals surface area (Å²) in [6.07, 6.45) is 20.8. The molecule has 0 spiro atoms. The first kappa shape index (κ1) is 51.1. The Kier molecular flexibility index (Phi) is 20.4. The summed E-state index contributed by atoms with van der Waals surface area (Å²) in [5.41, 5.74) is 3.48. The monoisotopic (exact) mass is 915 g/mol. The molecule has 0 unspecified atom stereocenters. The lowest BCUT2D eigenvalue weighted by Gasteiger charge is -2.60. The van der Waals surface area contributed by atoms with E-state index in [0.717, 1.165) is 99.2 Å². The summed E-state index contributed by atoms with van der Waals surface area (Å²) in [6, 6.07) is 11.9. The highest BCUT2D eigenvalue weighted by atomic mass is 16.7. The number of aliphatic hydroxyl groups is 2. The summed E-state index contributed by atoms with van der Waals surface area (Å²) in [5.74, 6) is -0.116. The van der Waals surface area contributed by atoms with Crippen LogP contribution in [0.2, 0.25) is 0 Å². The highest BCUT2D eigenvalue weighted by Crippen LogP contribution is 2.62. The average molecular weight is 915 g/mol. The van der Waals surface area contributed by atoms with E-state index in [4.69, 9.17) is 24.2 Å². The third-order valence-corrected chi connectivity index (χ3v) is 14.1. The van der Waals surface area contributed by atoms with Crippen molar-refractivity contribution in [2.45, 2.75) is 154 Å². The first-order chi connectivity index (χ1) is 32.3. The van der Waals surface area contributed by atoms with Crippen LogP contribution in [-0.4, -0.2) is 101 Å². The smallest absolute Gasteiger partial charge is 0.269 e. The lowest BCUT2D eigenvalue weighted by Crippen LogP contribution is -2.70. The third kappa shape index (κ3) is 13.4. The van der Waals surface area contributed by atoms with Crippen molar-refractivity contribution < 1.29 is 39.0 Å². The second-order valence-electron chi connectivity index (χ2n) is 18.8. The molecule has 2 aromatic rings. The molecule has 1 amide bonds. The lowest BCUT2D eigenvalue weighted by molar-refractivity contribution is -0.384. The molecule has 2 aliphatic carbocycles. The van der Waals surface area contributed by atoms with Crippen LogP contribution in [-0.2, 0) is 21.0 Å². The zero-order valence-electron chi connectivity index (χ0n) is 39.9. The van der Waals surface area contributed by atoms with Crippen molar-refractivity contribution in [2.75, 3.05) is 52.6 Å². The standard InChI is InChI=1S/C53H78N4O9/c1-4-7-8-9-10-11-12-13-14-21-50(60)56(28-5-2)49-38-47(54-65-39-40-22-24-42(25-23-40)57(61)62)45-36-41(19-15-17-32-58)44(20-16-18-33-59)51-46-37-43(63-35-31-55-29-30-55)26-27-48(46)66-53(49,52(45)51)64-34-6-3/h6,22-27,36-37,41,44,49,51-52,58-59H,3-5,7-21,28-35,38-39H2,1-2H3/t41-,44+,49-,51+,52+,53+/m0/s1. The van der Waals surface area contributed by atoms with Crippen LogP contribution in [0.4, 0.5) is 5.69 Å². The van der Waals surface area contributed by atoms with Crippen molar-refractivity contribution >= 4 is 17.3 Å². The molecule has 66 heavy (non-hydrogen) atoms. The molecule has 2 aliphatic heterocycles. The van der Waals surface area contributed by atoms with Gasteiger partial charge in [0.25, 0.3) is 5.69 Å². The number of nitro benzene ring substituents is 1. The van der Waals surface area contributed by atoms with Crippen LogP contribution >= 0.6 is 0 Å². The first-order valence-corrected chi connectivity index (χ1v) is 25.4. The van der Waals surface area contributed by atoms with Crippen molar-refractivity contribution in [3.05, 3.63) is 88.0 Å². The number of allylic oxidation sites excluding steroid dienone is 1. The Balaban J connectivity index is 1.44. The van der Waals surface area contributed by atoms with Crippen molar-refractivity contribution in [3.8, 4) is 11.5 Å². The number of oxime groups is 1. The number of fused-ring (bicyclic) bond motifs is 2. The minimum absolute atomic E-state index is 0.00477. The van der Waals surface area contributed by atoms with E-state index in [9.17, 15) is 25.1 Å². The molecule has 2 heterocycles. The van der Waals surface area contributed by atoms with Crippen LogP contribution in [0.15, 0.2) is 71.9 Å². The first-order valence-electron chi connectivity index (χ1n) is 25.4. The topological polar surface area (TPSA) is 156 Å². The number of ether oxygens (including phenoxy) is 3. The minimum atomic E-state index is -1.31. The van der Waals surface area contributed by atoms with Crippen molar-refractivity contribution in [2.24, 2.45) is 22.9 Å². The molecule has 2 N–H and O–H groups in total. The molecular weight excluding hydrogens is 837 g/mol.